The van der Waals surface area contributed by atoms with E-state index >= 15 is 4.39 Å². The molecule has 2 aromatic rings. The van der Waals surface area contributed by atoms with Crippen LogP contribution in [-0.4, -0.2) is 60.2 Å². The van der Waals surface area contributed by atoms with Crippen molar-refractivity contribution >= 4 is 28.3 Å². The number of pyridine rings is 1. The Morgan fingerprint density at radius 1 is 1.44 bits per heavy atom. The second-order valence-corrected chi connectivity index (χ2v) is 9.70. The highest BCUT2D eigenvalue weighted by Crippen LogP contribution is 2.44. The number of halogens is 1. The van der Waals surface area contributed by atoms with E-state index in [4.69, 9.17) is 9.57 Å². The average molecular weight is 473 g/mol. The molecule has 2 fully saturated rings. The third-order valence-corrected chi connectivity index (χ3v) is 6.93. The van der Waals surface area contributed by atoms with E-state index in [9.17, 15) is 14.7 Å². The van der Waals surface area contributed by atoms with E-state index in [1.54, 1.807) is 4.57 Å². The van der Waals surface area contributed by atoms with Crippen molar-refractivity contribution in [3.63, 3.8) is 0 Å². The zero-order valence-electron chi connectivity index (χ0n) is 19.6. The summed E-state index contributed by atoms with van der Waals surface area (Å²) in [4.78, 5) is 31.8. The lowest BCUT2D eigenvalue weighted by Gasteiger charge is -2.31. The number of carboxylic acid groups (broad SMARTS) is 1. The van der Waals surface area contributed by atoms with Gasteiger partial charge in [-0.3, -0.25) is 4.79 Å². The van der Waals surface area contributed by atoms with E-state index in [1.807, 2.05) is 18.7 Å². The van der Waals surface area contributed by atoms with Crippen LogP contribution in [0, 0.1) is 11.2 Å². The number of aromatic nitrogens is 1. The molecule has 1 aromatic heterocycles. The van der Waals surface area contributed by atoms with E-state index in [0.717, 1.165) is 24.6 Å². The summed E-state index contributed by atoms with van der Waals surface area (Å²) in [6.45, 7) is 8.02. The second kappa shape index (κ2) is 8.26. The van der Waals surface area contributed by atoms with E-state index in [0.29, 0.717) is 37.8 Å². The Hall–Kier alpha value is -3.14. The molecule has 0 bridgehead atoms. The van der Waals surface area contributed by atoms with Crippen molar-refractivity contribution in [3.8, 4) is 5.75 Å². The maximum Gasteiger partial charge on any atom is 0.341 e. The van der Waals surface area contributed by atoms with Gasteiger partial charge in [0.25, 0.3) is 0 Å². The summed E-state index contributed by atoms with van der Waals surface area (Å²) in [5.41, 5.74) is 0.0119. The van der Waals surface area contributed by atoms with Gasteiger partial charge in [-0.15, -0.1) is 0 Å². The molecule has 0 radical (unpaired) electrons. The first-order valence-electron chi connectivity index (χ1n) is 11.7. The number of aromatic carboxylic acids is 1. The fourth-order valence-electron chi connectivity index (χ4n) is 4.85. The van der Waals surface area contributed by atoms with Gasteiger partial charge in [0.05, 0.1) is 29.2 Å². The van der Waals surface area contributed by atoms with Crippen LogP contribution in [0.1, 0.15) is 50.0 Å². The van der Waals surface area contributed by atoms with Crippen LogP contribution < -0.4 is 20.4 Å². The van der Waals surface area contributed by atoms with Crippen molar-refractivity contribution < 1.29 is 23.9 Å². The molecule has 2 atom stereocenters. The van der Waals surface area contributed by atoms with Gasteiger partial charge >= 0.3 is 5.97 Å². The van der Waals surface area contributed by atoms with E-state index in [2.05, 4.69) is 17.4 Å². The number of ether oxygens (including phenoxy) is 1. The summed E-state index contributed by atoms with van der Waals surface area (Å²) in [6.07, 6.45) is 3.65. The largest absolute Gasteiger partial charge is 0.487 e. The Kier molecular flexibility index (Phi) is 5.50. The SMILES string of the molecule is CCO/N=C1/CN(c2c(F)cc3c(=O)c(C(=O)O)cn4c3c2OC[C@@H]4C)CC1(C)CNC1CC1. The third-order valence-electron chi connectivity index (χ3n) is 6.93. The molecule has 34 heavy (non-hydrogen) atoms. The maximum absolute atomic E-state index is 15.6. The molecule has 1 aliphatic carbocycles. The van der Waals surface area contributed by atoms with Gasteiger partial charge in [-0.25, -0.2) is 9.18 Å². The summed E-state index contributed by atoms with van der Waals surface area (Å²) < 4.78 is 23.3. The van der Waals surface area contributed by atoms with Crippen LogP contribution >= 0.6 is 0 Å². The predicted octanol–water partition coefficient (Wildman–Crippen LogP) is 2.76. The number of hydrogen-bond donors (Lipinski definition) is 2. The van der Waals surface area contributed by atoms with Gasteiger partial charge in [0.2, 0.25) is 5.43 Å². The molecular weight excluding hydrogens is 443 g/mol. The monoisotopic (exact) mass is 472 g/mol. The predicted molar refractivity (Wildman–Crippen MR) is 126 cm³/mol. The molecule has 1 saturated carbocycles. The average Bonchev–Trinajstić information content (AvgIpc) is 3.57. The van der Waals surface area contributed by atoms with Gasteiger partial charge in [-0.2, -0.15) is 0 Å². The molecule has 9 nitrogen and oxygen atoms in total. The molecule has 0 amide bonds. The van der Waals surface area contributed by atoms with Crippen molar-refractivity contribution in [3.05, 3.63) is 33.9 Å². The zero-order chi connectivity index (χ0) is 24.2. The fourth-order valence-corrected chi connectivity index (χ4v) is 4.85. The van der Waals surface area contributed by atoms with Gasteiger partial charge in [0.1, 0.15) is 24.5 Å². The molecule has 1 aromatic carbocycles. The van der Waals surface area contributed by atoms with Crippen molar-refractivity contribution in [1.29, 1.82) is 0 Å². The number of nitrogens with zero attached hydrogens (tertiary/aromatic N) is 3. The maximum atomic E-state index is 15.6. The minimum Gasteiger partial charge on any atom is -0.487 e. The normalized spacial score (nSPS) is 25.1. The van der Waals surface area contributed by atoms with Crippen molar-refractivity contribution in [2.75, 3.05) is 37.7 Å². The van der Waals surface area contributed by atoms with E-state index < -0.39 is 17.2 Å². The first-order chi connectivity index (χ1) is 16.2. The van der Waals surface area contributed by atoms with Crippen LogP contribution in [0.25, 0.3) is 10.9 Å². The number of carboxylic acids is 1. The number of nitrogens with one attached hydrogen (secondary N) is 1. The number of rotatable bonds is 7. The van der Waals surface area contributed by atoms with Crippen LogP contribution in [0.15, 0.2) is 22.2 Å². The van der Waals surface area contributed by atoms with Gasteiger partial charge in [0.15, 0.2) is 11.6 Å². The molecule has 2 aliphatic heterocycles. The van der Waals surface area contributed by atoms with Crippen LogP contribution in [0.2, 0.25) is 0 Å². The van der Waals surface area contributed by atoms with Crippen molar-refractivity contribution in [2.24, 2.45) is 10.6 Å². The number of anilines is 1. The number of oxime groups is 1. The van der Waals surface area contributed by atoms with Crippen molar-refractivity contribution in [1.82, 2.24) is 9.88 Å². The van der Waals surface area contributed by atoms with E-state index in [1.165, 1.54) is 6.20 Å². The van der Waals surface area contributed by atoms with Gasteiger partial charge < -0.3 is 29.5 Å². The molecule has 10 heteroatoms. The molecule has 2 N–H and O–H groups in total. The van der Waals surface area contributed by atoms with Gasteiger partial charge in [-0.05, 0) is 32.8 Å². The number of benzene rings is 1. The smallest absolute Gasteiger partial charge is 0.341 e. The standard InChI is InChI=1S/C24H29FN4O5/c1-4-34-27-18-9-28(12-24(18,3)11-26-14-5-6-14)20-17(25)7-15-19-22(20)33-10-13(2)29(19)8-16(21(15)30)23(31)32/h7-8,13-14,26H,4-6,9-12H2,1-3H3,(H,31,32)/b27-18-/t13-,24?/m0/s1. The summed E-state index contributed by atoms with van der Waals surface area (Å²) in [6, 6.07) is 1.44. The Morgan fingerprint density at radius 2 is 2.21 bits per heavy atom. The minimum atomic E-state index is -1.34. The van der Waals surface area contributed by atoms with Gasteiger partial charge in [-0.1, -0.05) is 12.1 Å². The minimum absolute atomic E-state index is 0.00302. The highest BCUT2D eigenvalue weighted by molar-refractivity contribution is 6.01. The lowest BCUT2D eigenvalue weighted by Crippen LogP contribution is -2.39. The zero-order valence-corrected chi connectivity index (χ0v) is 19.6. The molecule has 182 valence electrons. The lowest BCUT2D eigenvalue weighted by molar-refractivity contribution is 0.0694. The Balaban J connectivity index is 1.63. The molecule has 1 unspecified atom stereocenters. The Labute approximate surface area is 196 Å². The molecule has 3 heterocycles. The summed E-state index contributed by atoms with van der Waals surface area (Å²) >= 11 is 0. The van der Waals surface area contributed by atoms with Crippen LogP contribution in [0.3, 0.4) is 0 Å². The van der Waals surface area contributed by atoms with Crippen LogP contribution in [0.5, 0.6) is 5.75 Å². The molecule has 3 aliphatic rings. The Morgan fingerprint density at radius 3 is 2.88 bits per heavy atom. The first kappa shape index (κ1) is 22.6. The quantitative estimate of drug-likeness (QED) is 0.597. The highest BCUT2D eigenvalue weighted by Gasteiger charge is 2.44. The topological polar surface area (TPSA) is 105 Å². The number of carbonyl (C=O) groups is 1. The summed E-state index contributed by atoms with van der Waals surface area (Å²) in [5.74, 6) is -1.70. The first-order valence-corrected chi connectivity index (χ1v) is 11.7. The Bertz CT molecular complexity index is 1250. The number of hydrogen-bond acceptors (Lipinski definition) is 7. The molecule has 0 spiro atoms. The fraction of sp³-hybridized carbons (Fsp3) is 0.542. The third kappa shape index (κ3) is 3.70. The van der Waals surface area contributed by atoms with Crippen molar-refractivity contribution in [2.45, 2.75) is 45.7 Å². The summed E-state index contributed by atoms with van der Waals surface area (Å²) in [5, 5.41) is 17.4. The van der Waals surface area contributed by atoms with E-state index in [-0.39, 0.29) is 40.5 Å². The van der Waals surface area contributed by atoms with Gasteiger partial charge in [0, 0.05) is 30.7 Å². The van der Waals surface area contributed by atoms with Crippen LogP contribution in [-0.2, 0) is 4.84 Å². The van der Waals surface area contributed by atoms with Crippen LogP contribution in [0.4, 0.5) is 10.1 Å². The summed E-state index contributed by atoms with van der Waals surface area (Å²) in [7, 11) is 0. The molecule has 1 saturated heterocycles. The lowest BCUT2D eigenvalue weighted by atomic mass is 9.88. The second-order valence-electron chi connectivity index (χ2n) is 9.70. The highest BCUT2D eigenvalue weighted by atomic mass is 19.1. The molecule has 5 rings (SSSR count). The molecular formula is C24H29FN4O5.